The van der Waals surface area contributed by atoms with E-state index in [0.717, 1.165) is 35.2 Å². The van der Waals surface area contributed by atoms with Gasteiger partial charge in [-0.2, -0.15) is 0 Å². The van der Waals surface area contributed by atoms with Crippen LogP contribution in [0.25, 0.3) is 6.08 Å². The lowest BCUT2D eigenvalue weighted by Crippen LogP contribution is -2.43. The fraction of sp³-hybridized carbons (Fsp3) is 0.320. The molecule has 1 aliphatic heterocycles. The summed E-state index contributed by atoms with van der Waals surface area (Å²) in [5.41, 5.74) is 4.45. The van der Waals surface area contributed by atoms with Gasteiger partial charge in [0.15, 0.2) is 0 Å². The van der Waals surface area contributed by atoms with Gasteiger partial charge in [-0.05, 0) is 73.7 Å². The first-order valence-corrected chi connectivity index (χ1v) is 11.9. The summed E-state index contributed by atoms with van der Waals surface area (Å²) >= 11 is 1.57. The second-order valence-corrected chi connectivity index (χ2v) is 9.31. The fourth-order valence-electron chi connectivity index (χ4n) is 3.43. The smallest absolute Gasteiger partial charge is 0.251 e. The summed E-state index contributed by atoms with van der Waals surface area (Å²) in [5.74, 6) is 0.609. The van der Waals surface area contributed by atoms with E-state index in [-0.39, 0.29) is 17.7 Å². The zero-order valence-electron chi connectivity index (χ0n) is 18.3. The predicted molar refractivity (Wildman–Crippen MR) is 128 cm³/mol. The SMILES string of the molecule is Cc1ccc(NC(=O)C2CSCN2C(=O)/C=C/c2ccc(C(=O)NC3CC3)cc2)cc1C. The summed E-state index contributed by atoms with van der Waals surface area (Å²) in [7, 11) is 0. The molecular weight excluding hydrogens is 422 g/mol. The number of thioether (sulfide) groups is 1. The van der Waals surface area contributed by atoms with E-state index in [1.54, 1.807) is 34.9 Å². The number of nitrogens with one attached hydrogen (secondary N) is 2. The Morgan fingerprint density at radius 1 is 1.03 bits per heavy atom. The third-order valence-corrected chi connectivity index (χ3v) is 6.76. The van der Waals surface area contributed by atoms with Crippen molar-refractivity contribution in [1.82, 2.24) is 10.2 Å². The maximum absolute atomic E-state index is 12.8. The highest BCUT2D eigenvalue weighted by Gasteiger charge is 2.33. The van der Waals surface area contributed by atoms with Gasteiger partial charge in [0.05, 0.1) is 5.88 Å². The molecule has 2 N–H and O–H groups in total. The van der Waals surface area contributed by atoms with Crippen molar-refractivity contribution in [3.8, 4) is 0 Å². The molecule has 7 heteroatoms. The first kappa shape index (κ1) is 22.1. The molecule has 2 aliphatic rings. The van der Waals surface area contributed by atoms with Gasteiger partial charge in [0, 0.05) is 29.1 Å². The largest absolute Gasteiger partial charge is 0.349 e. The Morgan fingerprint density at radius 3 is 2.47 bits per heavy atom. The molecule has 3 amide bonds. The molecule has 0 radical (unpaired) electrons. The van der Waals surface area contributed by atoms with Crippen molar-refractivity contribution in [1.29, 1.82) is 0 Å². The molecule has 0 bridgehead atoms. The molecule has 166 valence electrons. The topological polar surface area (TPSA) is 78.5 Å². The summed E-state index contributed by atoms with van der Waals surface area (Å²) in [4.78, 5) is 39.2. The van der Waals surface area contributed by atoms with E-state index in [9.17, 15) is 14.4 Å². The molecule has 1 heterocycles. The molecule has 0 spiro atoms. The van der Waals surface area contributed by atoms with Crippen LogP contribution in [0.15, 0.2) is 48.5 Å². The average Bonchev–Trinajstić information content (AvgIpc) is 3.45. The summed E-state index contributed by atoms with van der Waals surface area (Å²) in [6.45, 7) is 4.03. The van der Waals surface area contributed by atoms with Crippen LogP contribution in [0, 0.1) is 13.8 Å². The monoisotopic (exact) mass is 449 g/mol. The third-order valence-electron chi connectivity index (χ3n) is 5.75. The standard InChI is InChI=1S/C25H27N3O3S/c1-16-3-9-21(13-17(16)2)27-25(31)22-14-32-15-28(22)23(29)12-6-18-4-7-19(8-5-18)24(30)26-20-10-11-20/h3-9,12-13,20,22H,10-11,14-15H2,1-2H3,(H,26,30)(H,27,31)/b12-6+. The Morgan fingerprint density at radius 2 is 1.78 bits per heavy atom. The highest BCUT2D eigenvalue weighted by atomic mass is 32.2. The molecule has 1 saturated carbocycles. The molecule has 1 atom stereocenters. The van der Waals surface area contributed by atoms with Crippen molar-refractivity contribution in [2.24, 2.45) is 0 Å². The van der Waals surface area contributed by atoms with Crippen LogP contribution in [0.2, 0.25) is 0 Å². The molecule has 1 unspecified atom stereocenters. The third kappa shape index (κ3) is 5.40. The highest BCUT2D eigenvalue weighted by molar-refractivity contribution is 7.99. The molecule has 1 aliphatic carbocycles. The van der Waals surface area contributed by atoms with Gasteiger partial charge in [0.1, 0.15) is 6.04 Å². The van der Waals surface area contributed by atoms with Crippen LogP contribution >= 0.6 is 11.8 Å². The van der Waals surface area contributed by atoms with Crippen molar-refractivity contribution in [2.75, 3.05) is 16.9 Å². The Balaban J connectivity index is 1.36. The number of carbonyl (C=O) groups excluding carboxylic acids is 3. The lowest BCUT2D eigenvalue weighted by molar-refractivity contribution is -0.132. The van der Waals surface area contributed by atoms with Gasteiger partial charge >= 0.3 is 0 Å². The van der Waals surface area contributed by atoms with Gasteiger partial charge in [0.25, 0.3) is 5.91 Å². The summed E-state index contributed by atoms with van der Waals surface area (Å²) in [5, 5.41) is 5.89. The predicted octanol–water partition coefficient (Wildman–Crippen LogP) is 3.75. The van der Waals surface area contributed by atoms with Gasteiger partial charge in [-0.15, -0.1) is 11.8 Å². The molecule has 2 aromatic carbocycles. The van der Waals surface area contributed by atoms with Crippen molar-refractivity contribution in [3.63, 3.8) is 0 Å². The van der Waals surface area contributed by atoms with E-state index in [1.807, 2.05) is 44.2 Å². The first-order chi connectivity index (χ1) is 15.4. The van der Waals surface area contributed by atoms with Gasteiger partial charge in [-0.3, -0.25) is 14.4 Å². The summed E-state index contributed by atoms with van der Waals surface area (Å²) in [6, 6.07) is 12.7. The van der Waals surface area contributed by atoms with Crippen molar-refractivity contribution >= 4 is 41.2 Å². The van der Waals surface area contributed by atoms with E-state index < -0.39 is 6.04 Å². The average molecular weight is 450 g/mol. The molecule has 2 aromatic rings. The van der Waals surface area contributed by atoms with Crippen LogP contribution in [0.5, 0.6) is 0 Å². The number of amides is 3. The van der Waals surface area contributed by atoms with Crippen molar-refractivity contribution in [2.45, 2.75) is 38.8 Å². The summed E-state index contributed by atoms with van der Waals surface area (Å²) in [6.07, 6.45) is 5.30. The van der Waals surface area contributed by atoms with Crippen LogP contribution in [-0.4, -0.2) is 46.3 Å². The maximum Gasteiger partial charge on any atom is 0.251 e. The van der Waals surface area contributed by atoms with Crippen molar-refractivity contribution in [3.05, 3.63) is 70.8 Å². The first-order valence-electron chi connectivity index (χ1n) is 10.8. The zero-order chi connectivity index (χ0) is 22.7. The Kier molecular flexibility index (Phi) is 6.65. The molecule has 2 fully saturated rings. The molecule has 0 aromatic heterocycles. The summed E-state index contributed by atoms with van der Waals surface area (Å²) < 4.78 is 0. The van der Waals surface area contributed by atoms with Gasteiger partial charge in [0.2, 0.25) is 11.8 Å². The number of hydrogen-bond donors (Lipinski definition) is 2. The Hall–Kier alpha value is -3.06. The molecular formula is C25H27N3O3S. The van der Waals surface area contributed by atoms with Crippen LogP contribution in [-0.2, 0) is 9.59 Å². The lowest BCUT2D eigenvalue weighted by atomic mass is 10.1. The van der Waals surface area contributed by atoms with E-state index in [4.69, 9.17) is 0 Å². The molecule has 1 saturated heterocycles. The quantitative estimate of drug-likeness (QED) is 0.659. The number of aryl methyl sites for hydroxylation is 2. The van der Waals surface area contributed by atoms with E-state index in [2.05, 4.69) is 10.6 Å². The maximum atomic E-state index is 12.8. The minimum Gasteiger partial charge on any atom is -0.349 e. The van der Waals surface area contributed by atoms with E-state index in [0.29, 0.717) is 23.2 Å². The number of benzene rings is 2. The molecule has 6 nitrogen and oxygen atoms in total. The zero-order valence-corrected chi connectivity index (χ0v) is 19.1. The second-order valence-electron chi connectivity index (χ2n) is 8.32. The van der Waals surface area contributed by atoms with Gasteiger partial charge in [-0.1, -0.05) is 18.2 Å². The number of rotatable bonds is 6. The van der Waals surface area contributed by atoms with Crippen molar-refractivity contribution < 1.29 is 14.4 Å². The van der Waals surface area contributed by atoms with Crippen LogP contribution in [0.4, 0.5) is 5.69 Å². The fourth-order valence-corrected chi connectivity index (χ4v) is 4.59. The number of anilines is 1. The second kappa shape index (κ2) is 9.61. The highest BCUT2D eigenvalue weighted by Crippen LogP contribution is 2.24. The number of nitrogens with zero attached hydrogens (tertiary/aromatic N) is 1. The molecule has 4 rings (SSSR count). The van der Waals surface area contributed by atoms with Crippen LogP contribution in [0.1, 0.15) is 39.9 Å². The minimum atomic E-state index is -0.507. The number of hydrogen-bond acceptors (Lipinski definition) is 4. The van der Waals surface area contributed by atoms with E-state index in [1.165, 1.54) is 6.08 Å². The van der Waals surface area contributed by atoms with Gasteiger partial charge in [-0.25, -0.2) is 0 Å². The molecule has 32 heavy (non-hydrogen) atoms. The van der Waals surface area contributed by atoms with E-state index >= 15 is 0 Å². The van der Waals surface area contributed by atoms with Gasteiger partial charge < -0.3 is 15.5 Å². The normalized spacial score (nSPS) is 18.1. The van der Waals surface area contributed by atoms with Crippen LogP contribution in [0.3, 0.4) is 0 Å². The number of carbonyl (C=O) groups is 3. The Labute approximate surface area is 192 Å². The minimum absolute atomic E-state index is 0.0641. The lowest BCUT2D eigenvalue weighted by Gasteiger charge is -2.22. The van der Waals surface area contributed by atoms with Crippen LogP contribution < -0.4 is 10.6 Å². The Bertz CT molecular complexity index is 1060.